The fourth-order valence-corrected chi connectivity index (χ4v) is 3.42. The third-order valence-electron chi connectivity index (χ3n) is 4.98. The van der Waals surface area contributed by atoms with E-state index in [1.807, 2.05) is 26.0 Å². The lowest BCUT2D eigenvalue weighted by Crippen LogP contribution is -2.41. The number of ether oxygens (including phenoxy) is 1. The maximum Gasteiger partial charge on any atom is 0.306 e. The highest BCUT2D eigenvalue weighted by Gasteiger charge is 2.32. The number of carbonyl (C=O) groups is 4. The summed E-state index contributed by atoms with van der Waals surface area (Å²) >= 11 is 0. The maximum absolute atomic E-state index is 12.8. The average Bonchev–Trinajstić information content (AvgIpc) is 2.72. The summed E-state index contributed by atoms with van der Waals surface area (Å²) in [6.45, 7) is 6.07. The summed E-state index contributed by atoms with van der Waals surface area (Å²) in [5.41, 5.74) is 0.974. The van der Waals surface area contributed by atoms with Crippen molar-refractivity contribution in [3.05, 3.63) is 47.5 Å². The predicted octanol–water partition coefficient (Wildman–Crippen LogP) is 2.92. The molecule has 0 fully saturated rings. The minimum absolute atomic E-state index is 0.00467. The van der Waals surface area contributed by atoms with Crippen molar-refractivity contribution >= 4 is 34.5 Å². The van der Waals surface area contributed by atoms with Crippen molar-refractivity contribution in [2.75, 3.05) is 13.1 Å². The number of hydrogen-bond acceptors (Lipinski definition) is 5. The Balaban J connectivity index is 1.57. The van der Waals surface area contributed by atoms with E-state index < -0.39 is 12.1 Å². The second-order valence-corrected chi connectivity index (χ2v) is 7.85. The van der Waals surface area contributed by atoms with Gasteiger partial charge in [0.05, 0.1) is 0 Å². The molecule has 0 aromatic heterocycles. The van der Waals surface area contributed by atoms with Crippen LogP contribution in [0.5, 0.6) is 0 Å². The summed E-state index contributed by atoms with van der Waals surface area (Å²) < 4.78 is 5.15. The first-order valence-electron chi connectivity index (χ1n) is 10.1. The first-order chi connectivity index (χ1) is 14.3. The van der Waals surface area contributed by atoms with Gasteiger partial charge in [-0.2, -0.15) is 0 Å². The minimum atomic E-state index is -0.890. The Kier molecular flexibility index (Phi) is 6.50. The summed E-state index contributed by atoms with van der Waals surface area (Å²) in [5.74, 6) is -1.31. The molecule has 1 atom stereocenters. The van der Waals surface area contributed by atoms with Gasteiger partial charge in [0.1, 0.15) is 0 Å². The summed E-state index contributed by atoms with van der Waals surface area (Å²) in [4.78, 5) is 50.8. The third kappa shape index (κ3) is 4.50. The van der Waals surface area contributed by atoms with Crippen LogP contribution in [0.1, 0.15) is 54.3 Å². The number of nitrogens with zero attached hydrogens (tertiary/aromatic N) is 1. The van der Waals surface area contributed by atoms with Crippen molar-refractivity contribution in [2.45, 2.75) is 39.7 Å². The maximum atomic E-state index is 12.8. The monoisotopic (exact) mass is 410 g/mol. The number of nitrogens with one attached hydrogen (secondary N) is 1. The van der Waals surface area contributed by atoms with Gasteiger partial charge in [0.2, 0.25) is 0 Å². The van der Waals surface area contributed by atoms with Crippen molar-refractivity contribution in [1.29, 1.82) is 0 Å². The zero-order chi connectivity index (χ0) is 21.8. The van der Waals surface area contributed by atoms with Crippen LogP contribution < -0.4 is 5.32 Å². The molecule has 1 aliphatic rings. The zero-order valence-electron chi connectivity index (χ0n) is 17.4. The van der Waals surface area contributed by atoms with E-state index >= 15 is 0 Å². The highest BCUT2D eigenvalue weighted by atomic mass is 16.5. The molecule has 2 aromatic carbocycles. The fourth-order valence-electron chi connectivity index (χ4n) is 3.42. The summed E-state index contributed by atoms with van der Waals surface area (Å²) in [7, 11) is 0. The van der Waals surface area contributed by atoms with Crippen LogP contribution in [0.3, 0.4) is 0 Å². The van der Waals surface area contributed by atoms with Crippen LogP contribution in [-0.4, -0.2) is 47.8 Å². The molecular weight excluding hydrogens is 384 g/mol. The Hall–Kier alpha value is -3.22. The normalized spacial score (nSPS) is 14.2. The number of amides is 3. The van der Waals surface area contributed by atoms with Crippen LogP contribution in [0.15, 0.2) is 36.4 Å². The van der Waals surface area contributed by atoms with E-state index in [2.05, 4.69) is 5.32 Å². The first-order valence-corrected chi connectivity index (χ1v) is 10.1. The van der Waals surface area contributed by atoms with Gasteiger partial charge in [-0.05, 0) is 36.8 Å². The smallest absolute Gasteiger partial charge is 0.306 e. The Bertz CT molecular complexity index is 948. The Morgan fingerprint density at radius 1 is 1.00 bits per heavy atom. The molecule has 0 aliphatic carbocycles. The van der Waals surface area contributed by atoms with Gasteiger partial charge < -0.3 is 10.1 Å². The molecular formula is C23H26N2O5. The van der Waals surface area contributed by atoms with Crippen LogP contribution in [0.4, 0.5) is 0 Å². The SMILES string of the molecule is CC(C)CNC(=O)[C@@H](C)OC(=O)CCCN1C(=O)c2cccc3cccc(c23)C1=O. The molecule has 7 heteroatoms. The largest absolute Gasteiger partial charge is 0.453 e. The van der Waals surface area contributed by atoms with E-state index in [0.29, 0.717) is 29.0 Å². The quantitative estimate of drug-likeness (QED) is 0.534. The molecule has 3 amide bonds. The van der Waals surface area contributed by atoms with Gasteiger partial charge >= 0.3 is 5.97 Å². The molecule has 7 nitrogen and oxygen atoms in total. The molecule has 2 aromatic rings. The third-order valence-corrected chi connectivity index (χ3v) is 4.98. The number of esters is 1. The number of carbonyl (C=O) groups excluding carboxylic acids is 4. The van der Waals surface area contributed by atoms with Crippen LogP contribution in [0.2, 0.25) is 0 Å². The molecule has 0 bridgehead atoms. The predicted molar refractivity (Wildman–Crippen MR) is 112 cm³/mol. The van der Waals surface area contributed by atoms with Gasteiger partial charge in [0.25, 0.3) is 17.7 Å². The van der Waals surface area contributed by atoms with E-state index in [9.17, 15) is 19.2 Å². The first kappa shape index (κ1) is 21.5. The Morgan fingerprint density at radius 2 is 1.60 bits per heavy atom. The molecule has 158 valence electrons. The topological polar surface area (TPSA) is 92.8 Å². The van der Waals surface area contributed by atoms with Crippen molar-refractivity contribution in [3.63, 3.8) is 0 Å². The van der Waals surface area contributed by atoms with Crippen LogP contribution >= 0.6 is 0 Å². The summed E-state index contributed by atoms with van der Waals surface area (Å²) in [6, 6.07) is 10.7. The van der Waals surface area contributed by atoms with Crippen LogP contribution in [0.25, 0.3) is 10.8 Å². The van der Waals surface area contributed by atoms with E-state index in [4.69, 9.17) is 4.74 Å². The van der Waals surface area contributed by atoms with Gasteiger partial charge in [-0.1, -0.05) is 38.1 Å². The number of rotatable bonds is 8. The zero-order valence-corrected chi connectivity index (χ0v) is 17.4. The van der Waals surface area contributed by atoms with Crippen molar-refractivity contribution in [3.8, 4) is 0 Å². The molecule has 1 N–H and O–H groups in total. The minimum Gasteiger partial charge on any atom is -0.453 e. The molecule has 3 rings (SSSR count). The van der Waals surface area contributed by atoms with E-state index in [1.165, 1.54) is 11.8 Å². The van der Waals surface area contributed by atoms with Gasteiger partial charge in [-0.15, -0.1) is 0 Å². The highest BCUT2D eigenvalue weighted by Crippen LogP contribution is 2.30. The van der Waals surface area contributed by atoms with Crippen molar-refractivity contribution in [1.82, 2.24) is 10.2 Å². The summed E-state index contributed by atoms with van der Waals surface area (Å²) in [5, 5.41) is 4.23. The molecule has 1 heterocycles. The number of benzene rings is 2. The highest BCUT2D eigenvalue weighted by molar-refractivity contribution is 6.25. The summed E-state index contributed by atoms with van der Waals surface area (Å²) in [6.07, 6.45) is -0.626. The molecule has 0 spiro atoms. The Morgan fingerprint density at radius 3 is 2.17 bits per heavy atom. The van der Waals surface area contributed by atoms with E-state index in [1.54, 1.807) is 24.3 Å². The molecule has 0 unspecified atom stereocenters. The van der Waals surface area contributed by atoms with Crippen LogP contribution in [0, 0.1) is 5.92 Å². The molecule has 0 radical (unpaired) electrons. The van der Waals surface area contributed by atoms with Gasteiger partial charge in [-0.3, -0.25) is 24.1 Å². The standard InChI is InChI=1S/C23H26N2O5/c1-14(2)13-24-21(27)15(3)30-19(26)11-6-12-25-22(28)17-9-4-7-16-8-5-10-18(20(16)17)23(25)29/h4-5,7-10,14-15H,6,11-13H2,1-3H3,(H,24,27)/t15-/m1/s1. The molecule has 0 saturated heterocycles. The lowest BCUT2D eigenvalue weighted by Gasteiger charge is -2.27. The van der Waals surface area contributed by atoms with E-state index in [-0.39, 0.29) is 37.1 Å². The molecule has 30 heavy (non-hydrogen) atoms. The fraction of sp³-hybridized carbons (Fsp3) is 0.391. The van der Waals surface area contributed by atoms with Gasteiger partial charge in [0, 0.05) is 36.0 Å². The molecule has 0 saturated carbocycles. The average molecular weight is 410 g/mol. The Labute approximate surface area is 175 Å². The van der Waals surface area contributed by atoms with Gasteiger partial charge in [0.15, 0.2) is 6.10 Å². The van der Waals surface area contributed by atoms with E-state index in [0.717, 1.165) is 5.39 Å². The second kappa shape index (κ2) is 9.07. The van der Waals surface area contributed by atoms with Crippen molar-refractivity contribution < 1.29 is 23.9 Å². The lowest BCUT2D eigenvalue weighted by molar-refractivity contribution is -0.155. The number of imide groups is 1. The van der Waals surface area contributed by atoms with Crippen molar-refractivity contribution in [2.24, 2.45) is 5.92 Å². The molecule has 1 aliphatic heterocycles. The second-order valence-electron chi connectivity index (χ2n) is 7.85. The lowest BCUT2D eigenvalue weighted by atomic mass is 9.94. The van der Waals surface area contributed by atoms with Crippen LogP contribution in [-0.2, 0) is 14.3 Å². The van der Waals surface area contributed by atoms with Gasteiger partial charge in [-0.25, -0.2) is 0 Å². The number of hydrogen-bond donors (Lipinski definition) is 1.